The monoisotopic (exact) mass is 247 g/mol. The second kappa shape index (κ2) is 5.14. The van der Waals surface area contributed by atoms with Crippen molar-refractivity contribution >= 4 is 12.2 Å². The Bertz CT molecular complexity index is 587. The van der Waals surface area contributed by atoms with Crippen LogP contribution in [0.1, 0.15) is 28.5 Å². The highest BCUT2D eigenvalue weighted by Crippen LogP contribution is 2.15. The van der Waals surface area contributed by atoms with Crippen LogP contribution in [0.15, 0.2) is 22.6 Å². The van der Waals surface area contributed by atoms with Gasteiger partial charge in [-0.15, -0.1) is 0 Å². The van der Waals surface area contributed by atoms with Crippen molar-refractivity contribution in [2.45, 2.75) is 20.5 Å². The van der Waals surface area contributed by atoms with Crippen molar-refractivity contribution in [2.24, 2.45) is 0 Å². The molecule has 18 heavy (non-hydrogen) atoms. The van der Waals surface area contributed by atoms with Crippen LogP contribution in [0.25, 0.3) is 12.2 Å². The molecular formula is C14H14FNO2. The van der Waals surface area contributed by atoms with E-state index in [-0.39, 0.29) is 12.4 Å². The molecule has 0 atom stereocenters. The number of oxazole rings is 1. The number of rotatable bonds is 3. The average molecular weight is 247 g/mol. The SMILES string of the molecule is Cc1ccc(/C=C/c2nc(CO)c(C)o2)c(F)c1. The summed E-state index contributed by atoms with van der Waals surface area (Å²) in [5, 5.41) is 8.99. The quantitative estimate of drug-likeness (QED) is 0.906. The molecule has 4 heteroatoms. The highest BCUT2D eigenvalue weighted by Gasteiger charge is 2.06. The predicted octanol–water partition coefficient (Wildman–Crippen LogP) is 3.09. The van der Waals surface area contributed by atoms with E-state index in [9.17, 15) is 4.39 Å². The first kappa shape index (κ1) is 12.5. The number of aromatic nitrogens is 1. The van der Waals surface area contributed by atoms with Crippen molar-refractivity contribution in [3.63, 3.8) is 0 Å². The van der Waals surface area contributed by atoms with Crippen molar-refractivity contribution in [1.29, 1.82) is 0 Å². The number of halogens is 1. The topological polar surface area (TPSA) is 46.3 Å². The van der Waals surface area contributed by atoms with Crippen LogP contribution in [0.4, 0.5) is 4.39 Å². The molecule has 0 aliphatic carbocycles. The molecule has 0 saturated carbocycles. The average Bonchev–Trinajstić information content (AvgIpc) is 2.69. The van der Waals surface area contributed by atoms with E-state index in [1.165, 1.54) is 6.07 Å². The number of benzene rings is 1. The van der Waals surface area contributed by atoms with Gasteiger partial charge in [0.05, 0.1) is 6.61 Å². The number of aliphatic hydroxyl groups excluding tert-OH is 1. The molecule has 0 aliphatic heterocycles. The molecule has 0 fully saturated rings. The number of hydrogen-bond donors (Lipinski definition) is 1. The Morgan fingerprint density at radius 3 is 2.72 bits per heavy atom. The fourth-order valence-corrected chi connectivity index (χ4v) is 1.60. The van der Waals surface area contributed by atoms with Gasteiger partial charge in [-0.25, -0.2) is 9.37 Å². The summed E-state index contributed by atoms with van der Waals surface area (Å²) in [5.74, 6) is 0.648. The normalized spacial score (nSPS) is 11.3. The first-order chi connectivity index (χ1) is 8.60. The summed E-state index contributed by atoms with van der Waals surface area (Å²) in [7, 11) is 0. The molecule has 3 nitrogen and oxygen atoms in total. The molecule has 0 bridgehead atoms. The maximum Gasteiger partial charge on any atom is 0.219 e. The lowest BCUT2D eigenvalue weighted by Gasteiger charge is -1.97. The van der Waals surface area contributed by atoms with Gasteiger partial charge in [-0.3, -0.25) is 0 Å². The Labute approximate surface area is 105 Å². The highest BCUT2D eigenvalue weighted by molar-refractivity contribution is 5.66. The van der Waals surface area contributed by atoms with Crippen molar-refractivity contribution in [1.82, 2.24) is 4.98 Å². The number of aliphatic hydroxyl groups is 1. The molecule has 1 N–H and O–H groups in total. The van der Waals surface area contributed by atoms with Crippen LogP contribution in [-0.2, 0) is 6.61 Å². The molecule has 0 saturated heterocycles. The first-order valence-electron chi connectivity index (χ1n) is 5.61. The Morgan fingerprint density at radius 2 is 2.11 bits per heavy atom. The minimum Gasteiger partial charge on any atom is -0.442 e. The molecule has 0 radical (unpaired) electrons. The lowest BCUT2D eigenvalue weighted by molar-refractivity contribution is 0.275. The van der Waals surface area contributed by atoms with Gasteiger partial charge in [0.25, 0.3) is 0 Å². The largest absolute Gasteiger partial charge is 0.442 e. The molecule has 1 aromatic heterocycles. The van der Waals surface area contributed by atoms with Crippen LogP contribution in [-0.4, -0.2) is 10.1 Å². The van der Waals surface area contributed by atoms with E-state index in [2.05, 4.69) is 4.98 Å². The maximum atomic E-state index is 13.6. The van der Waals surface area contributed by atoms with Crippen molar-refractivity contribution in [3.05, 3.63) is 52.5 Å². The molecule has 2 aromatic rings. The van der Waals surface area contributed by atoms with Crippen LogP contribution in [0.3, 0.4) is 0 Å². The fraction of sp³-hybridized carbons (Fsp3) is 0.214. The molecule has 0 spiro atoms. The van der Waals surface area contributed by atoms with Crippen molar-refractivity contribution < 1.29 is 13.9 Å². The van der Waals surface area contributed by atoms with Gasteiger partial charge in [-0.05, 0) is 31.6 Å². The summed E-state index contributed by atoms with van der Waals surface area (Å²) in [5.41, 5.74) is 1.85. The first-order valence-corrected chi connectivity index (χ1v) is 5.61. The van der Waals surface area contributed by atoms with Gasteiger partial charge in [0.15, 0.2) is 0 Å². The zero-order chi connectivity index (χ0) is 13.1. The van der Waals surface area contributed by atoms with E-state index in [1.54, 1.807) is 25.1 Å². The van der Waals surface area contributed by atoms with Gasteiger partial charge in [0, 0.05) is 11.6 Å². The Kier molecular flexibility index (Phi) is 3.58. The van der Waals surface area contributed by atoms with Gasteiger partial charge in [-0.1, -0.05) is 12.1 Å². The third kappa shape index (κ3) is 2.65. The smallest absolute Gasteiger partial charge is 0.219 e. The second-order valence-electron chi connectivity index (χ2n) is 4.07. The summed E-state index contributed by atoms with van der Waals surface area (Å²) in [6, 6.07) is 5.01. The number of nitrogens with zero attached hydrogens (tertiary/aromatic N) is 1. The Morgan fingerprint density at radius 1 is 1.33 bits per heavy atom. The van der Waals surface area contributed by atoms with Crippen LogP contribution in [0.5, 0.6) is 0 Å². The van der Waals surface area contributed by atoms with Gasteiger partial charge in [0.1, 0.15) is 17.3 Å². The minimum atomic E-state index is -0.281. The standard InChI is InChI=1S/C14H14FNO2/c1-9-3-4-11(12(15)7-9)5-6-14-16-13(8-17)10(2)18-14/h3-7,17H,8H2,1-2H3/b6-5+. The lowest BCUT2D eigenvalue weighted by Crippen LogP contribution is -1.85. The Hall–Kier alpha value is -1.94. The zero-order valence-corrected chi connectivity index (χ0v) is 10.3. The molecule has 0 aliphatic rings. The molecule has 1 heterocycles. The maximum absolute atomic E-state index is 13.6. The highest BCUT2D eigenvalue weighted by atomic mass is 19.1. The zero-order valence-electron chi connectivity index (χ0n) is 10.3. The third-order valence-electron chi connectivity index (χ3n) is 2.62. The summed E-state index contributed by atoms with van der Waals surface area (Å²) < 4.78 is 18.9. The molecule has 0 amide bonds. The van der Waals surface area contributed by atoms with E-state index in [0.717, 1.165) is 5.56 Å². The molecule has 0 unspecified atom stereocenters. The molecule has 1 aromatic carbocycles. The summed E-state index contributed by atoms with van der Waals surface area (Å²) in [6.07, 6.45) is 3.18. The van der Waals surface area contributed by atoms with Crippen LogP contribution in [0.2, 0.25) is 0 Å². The van der Waals surface area contributed by atoms with E-state index in [1.807, 2.05) is 13.0 Å². The lowest BCUT2D eigenvalue weighted by atomic mass is 10.1. The summed E-state index contributed by atoms with van der Waals surface area (Å²) in [4.78, 5) is 4.06. The van der Waals surface area contributed by atoms with E-state index < -0.39 is 0 Å². The van der Waals surface area contributed by atoms with E-state index in [4.69, 9.17) is 9.52 Å². The third-order valence-corrected chi connectivity index (χ3v) is 2.62. The van der Waals surface area contributed by atoms with Gasteiger partial charge < -0.3 is 9.52 Å². The summed E-state index contributed by atoms with van der Waals surface area (Å²) >= 11 is 0. The second-order valence-corrected chi connectivity index (χ2v) is 4.07. The number of hydrogen-bond acceptors (Lipinski definition) is 3. The van der Waals surface area contributed by atoms with Crippen molar-refractivity contribution in [3.8, 4) is 0 Å². The predicted molar refractivity (Wildman–Crippen MR) is 67.2 cm³/mol. The molecular weight excluding hydrogens is 233 g/mol. The minimum absolute atomic E-state index is 0.165. The van der Waals surface area contributed by atoms with Gasteiger partial charge >= 0.3 is 0 Å². The molecule has 94 valence electrons. The van der Waals surface area contributed by atoms with E-state index in [0.29, 0.717) is 22.9 Å². The van der Waals surface area contributed by atoms with Crippen LogP contribution in [0, 0.1) is 19.7 Å². The number of aryl methyl sites for hydroxylation is 2. The Balaban J connectivity index is 2.24. The van der Waals surface area contributed by atoms with Crippen molar-refractivity contribution in [2.75, 3.05) is 0 Å². The van der Waals surface area contributed by atoms with E-state index >= 15 is 0 Å². The van der Waals surface area contributed by atoms with Crippen LogP contribution >= 0.6 is 0 Å². The fourth-order valence-electron chi connectivity index (χ4n) is 1.60. The van der Waals surface area contributed by atoms with Gasteiger partial charge in [-0.2, -0.15) is 0 Å². The molecule has 2 rings (SSSR count). The van der Waals surface area contributed by atoms with Crippen LogP contribution < -0.4 is 0 Å². The summed E-state index contributed by atoms with van der Waals surface area (Å²) in [6.45, 7) is 3.39. The van der Waals surface area contributed by atoms with Gasteiger partial charge in [0.2, 0.25) is 5.89 Å².